The molecular formula is C13H16N4O. The highest BCUT2D eigenvalue weighted by Crippen LogP contribution is 2.29. The summed E-state index contributed by atoms with van der Waals surface area (Å²) in [5.41, 5.74) is 1.12. The molecule has 1 heterocycles. The van der Waals surface area contributed by atoms with E-state index in [-0.39, 0.29) is 6.04 Å². The van der Waals surface area contributed by atoms with Gasteiger partial charge in [0.25, 0.3) is 0 Å². The Hall–Kier alpha value is -1.88. The number of aromatic nitrogens is 3. The Balaban J connectivity index is 1.84. The van der Waals surface area contributed by atoms with E-state index in [1.165, 1.54) is 19.2 Å². The fourth-order valence-electron chi connectivity index (χ4n) is 1.96. The summed E-state index contributed by atoms with van der Waals surface area (Å²) in [5, 5.41) is 10.0. The van der Waals surface area contributed by atoms with Crippen LogP contribution in [0, 0.1) is 0 Å². The Morgan fingerprint density at radius 1 is 1.44 bits per heavy atom. The standard InChI is InChI=1S/C13H16N4O/c1-14-12(13-15-8-16-17-13)9-3-2-4-11(7-9)18-10-5-6-10/h2-4,7-8,10,12,14H,5-6H2,1H3,(H,15,16,17). The summed E-state index contributed by atoms with van der Waals surface area (Å²) < 4.78 is 5.80. The number of benzene rings is 1. The monoisotopic (exact) mass is 244 g/mol. The van der Waals surface area contributed by atoms with Crippen molar-refractivity contribution >= 4 is 0 Å². The Labute approximate surface area is 106 Å². The Kier molecular flexibility index (Phi) is 2.98. The molecule has 3 rings (SSSR count). The zero-order valence-electron chi connectivity index (χ0n) is 10.3. The molecule has 18 heavy (non-hydrogen) atoms. The van der Waals surface area contributed by atoms with Gasteiger partial charge in [0.05, 0.1) is 12.1 Å². The number of H-pyrrole nitrogens is 1. The van der Waals surface area contributed by atoms with Crippen LogP contribution in [0.15, 0.2) is 30.6 Å². The van der Waals surface area contributed by atoms with E-state index in [1.807, 2.05) is 19.2 Å². The van der Waals surface area contributed by atoms with Crippen LogP contribution in [0.4, 0.5) is 0 Å². The number of rotatable bonds is 5. The summed E-state index contributed by atoms with van der Waals surface area (Å²) in [4.78, 5) is 4.20. The number of nitrogens with one attached hydrogen (secondary N) is 2. The predicted octanol–water partition coefficient (Wildman–Crippen LogP) is 1.65. The molecule has 1 fully saturated rings. The zero-order valence-corrected chi connectivity index (χ0v) is 10.3. The van der Waals surface area contributed by atoms with E-state index < -0.39 is 0 Å². The van der Waals surface area contributed by atoms with Crippen molar-refractivity contribution in [2.45, 2.75) is 25.0 Å². The first-order valence-corrected chi connectivity index (χ1v) is 6.16. The van der Waals surface area contributed by atoms with Gasteiger partial charge in [-0.2, -0.15) is 5.10 Å². The lowest BCUT2D eigenvalue weighted by Crippen LogP contribution is -2.19. The quantitative estimate of drug-likeness (QED) is 0.839. The molecule has 0 aliphatic heterocycles. The second-order valence-corrected chi connectivity index (χ2v) is 4.48. The summed E-state index contributed by atoms with van der Waals surface area (Å²) in [6.45, 7) is 0. The summed E-state index contributed by atoms with van der Waals surface area (Å²) in [6.07, 6.45) is 4.27. The fraction of sp³-hybridized carbons (Fsp3) is 0.385. The van der Waals surface area contributed by atoms with Gasteiger partial charge in [-0.1, -0.05) is 12.1 Å². The van der Waals surface area contributed by atoms with E-state index in [4.69, 9.17) is 4.74 Å². The minimum Gasteiger partial charge on any atom is -0.490 e. The van der Waals surface area contributed by atoms with Gasteiger partial charge in [-0.25, -0.2) is 4.98 Å². The van der Waals surface area contributed by atoms with Gasteiger partial charge in [0.2, 0.25) is 0 Å². The van der Waals surface area contributed by atoms with Crippen LogP contribution < -0.4 is 10.1 Å². The maximum atomic E-state index is 5.80. The van der Waals surface area contributed by atoms with E-state index in [9.17, 15) is 0 Å². The van der Waals surface area contributed by atoms with Crippen molar-refractivity contribution in [1.82, 2.24) is 20.5 Å². The normalized spacial score (nSPS) is 16.5. The number of ether oxygens (including phenoxy) is 1. The van der Waals surface area contributed by atoms with Gasteiger partial charge in [0.15, 0.2) is 0 Å². The highest BCUT2D eigenvalue weighted by molar-refractivity contribution is 5.33. The van der Waals surface area contributed by atoms with E-state index in [0.717, 1.165) is 17.1 Å². The lowest BCUT2D eigenvalue weighted by molar-refractivity contribution is 0.302. The molecule has 2 aromatic rings. The summed E-state index contributed by atoms with van der Waals surface area (Å²) in [6, 6.07) is 8.13. The van der Waals surface area contributed by atoms with Gasteiger partial charge < -0.3 is 10.1 Å². The molecule has 1 atom stereocenters. The topological polar surface area (TPSA) is 62.8 Å². The molecule has 0 amide bonds. The van der Waals surface area contributed by atoms with Crippen molar-refractivity contribution in [2.24, 2.45) is 0 Å². The third kappa shape index (κ3) is 2.36. The second kappa shape index (κ2) is 4.78. The highest BCUT2D eigenvalue weighted by atomic mass is 16.5. The zero-order chi connectivity index (χ0) is 12.4. The molecule has 0 saturated heterocycles. The average Bonchev–Trinajstić information content (AvgIpc) is 3.04. The molecule has 1 saturated carbocycles. The van der Waals surface area contributed by atoms with Crippen molar-refractivity contribution in [2.75, 3.05) is 7.05 Å². The van der Waals surface area contributed by atoms with E-state index >= 15 is 0 Å². The molecule has 1 aromatic heterocycles. The minimum absolute atomic E-state index is 0.00949. The first kappa shape index (κ1) is 11.2. The average molecular weight is 244 g/mol. The molecule has 5 nitrogen and oxygen atoms in total. The van der Waals surface area contributed by atoms with E-state index in [2.05, 4.69) is 32.6 Å². The van der Waals surface area contributed by atoms with Gasteiger partial charge in [0.1, 0.15) is 17.9 Å². The number of nitrogens with zero attached hydrogens (tertiary/aromatic N) is 2. The Morgan fingerprint density at radius 2 is 2.33 bits per heavy atom. The molecule has 2 N–H and O–H groups in total. The maximum Gasteiger partial charge on any atom is 0.145 e. The van der Waals surface area contributed by atoms with Gasteiger partial charge in [-0.3, -0.25) is 5.10 Å². The molecule has 0 radical (unpaired) electrons. The minimum atomic E-state index is 0.00949. The van der Waals surface area contributed by atoms with Gasteiger partial charge in [-0.05, 0) is 37.6 Å². The summed E-state index contributed by atoms with van der Waals surface area (Å²) in [5.74, 6) is 1.73. The third-order valence-electron chi connectivity index (χ3n) is 3.01. The molecule has 1 aliphatic rings. The third-order valence-corrected chi connectivity index (χ3v) is 3.01. The molecule has 1 aromatic carbocycles. The van der Waals surface area contributed by atoms with Gasteiger partial charge in [0, 0.05) is 0 Å². The van der Waals surface area contributed by atoms with Gasteiger partial charge >= 0.3 is 0 Å². The maximum absolute atomic E-state index is 5.80. The van der Waals surface area contributed by atoms with Crippen LogP contribution >= 0.6 is 0 Å². The van der Waals surface area contributed by atoms with Crippen molar-refractivity contribution in [3.63, 3.8) is 0 Å². The van der Waals surface area contributed by atoms with Crippen LogP contribution in [0.3, 0.4) is 0 Å². The van der Waals surface area contributed by atoms with Gasteiger partial charge in [-0.15, -0.1) is 0 Å². The summed E-state index contributed by atoms with van der Waals surface area (Å²) >= 11 is 0. The number of aromatic amines is 1. The molecular weight excluding hydrogens is 228 g/mol. The second-order valence-electron chi connectivity index (χ2n) is 4.48. The number of hydrogen-bond acceptors (Lipinski definition) is 4. The van der Waals surface area contributed by atoms with Crippen LogP contribution in [0.2, 0.25) is 0 Å². The Bertz CT molecular complexity index is 507. The number of hydrogen-bond donors (Lipinski definition) is 2. The summed E-state index contributed by atoms with van der Waals surface area (Å²) in [7, 11) is 1.90. The van der Waals surface area contributed by atoms with Crippen LogP contribution in [-0.4, -0.2) is 28.3 Å². The van der Waals surface area contributed by atoms with Crippen molar-refractivity contribution in [1.29, 1.82) is 0 Å². The molecule has 94 valence electrons. The lowest BCUT2D eigenvalue weighted by atomic mass is 10.1. The largest absolute Gasteiger partial charge is 0.490 e. The molecule has 0 bridgehead atoms. The fourth-order valence-corrected chi connectivity index (χ4v) is 1.96. The highest BCUT2D eigenvalue weighted by Gasteiger charge is 2.24. The predicted molar refractivity (Wildman–Crippen MR) is 67.4 cm³/mol. The first-order valence-electron chi connectivity index (χ1n) is 6.16. The molecule has 5 heteroatoms. The van der Waals surface area contributed by atoms with Crippen LogP contribution in [0.1, 0.15) is 30.3 Å². The molecule has 1 aliphatic carbocycles. The van der Waals surface area contributed by atoms with Crippen LogP contribution in [0.5, 0.6) is 5.75 Å². The van der Waals surface area contributed by atoms with Crippen LogP contribution in [-0.2, 0) is 0 Å². The van der Waals surface area contributed by atoms with Crippen LogP contribution in [0.25, 0.3) is 0 Å². The van der Waals surface area contributed by atoms with E-state index in [1.54, 1.807) is 0 Å². The van der Waals surface area contributed by atoms with Crippen molar-refractivity contribution in [3.05, 3.63) is 42.0 Å². The lowest BCUT2D eigenvalue weighted by Gasteiger charge is -2.15. The van der Waals surface area contributed by atoms with E-state index in [0.29, 0.717) is 6.10 Å². The van der Waals surface area contributed by atoms with Crippen molar-refractivity contribution < 1.29 is 4.74 Å². The smallest absolute Gasteiger partial charge is 0.145 e. The molecule has 0 spiro atoms. The van der Waals surface area contributed by atoms with Crippen molar-refractivity contribution in [3.8, 4) is 5.75 Å². The first-order chi connectivity index (χ1) is 8.86. The molecule has 1 unspecified atom stereocenters. The Morgan fingerprint density at radius 3 is 3.00 bits per heavy atom. The SMILES string of the molecule is CNC(c1cccc(OC2CC2)c1)c1ncn[nH]1.